The Hall–Kier alpha value is -1.59. The molecule has 4 nitrogen and oxygen atoms in total. The van der Waals surface area contributed by atoms with Crippen LogP contribution in [0.15, 0.2) is 45.5 Å². The fourth-order valence-corrected chi connectivity index (χ4v) is 1.91. The maximum atomic E-state index is 10.8. The Morgan fingerprint density at radius 1 is 1.28 bits per heavy atom. The Morgan fingerprint density at radius 2 is 2.06 bits per heavy atom. The van der Waals surface area contributed by atoms with Crippen LogP contribution in [0, 0.1) is 0 Å². The van der Waals surface area contributed by atoms with Gasteiger partial charge in [-0.25, -0.2) is 4.79 Å². The quantitative estimate of drug-likeness (QED) is 0.918. The van der Waals surface area contributed by atoms with Gasteiger partial charge in [0.05, 0.1) is 12.9 Å². The number of halogens is 1. The van der Waals surface area contributed by atoms with Gasteiger partial charge in [0.2, 0.25) is 0 Å². The Kier molecular flexibility index (Phi) is 4.17. The SMILES string of the molecule is O=C(O)c1ccoc1COCc1ccccc1Br. The molecule has 0 radical (unpaired) electrons. The van der Waals surface area contributed by atoms with E-state index in [1.807, 2.05) is 24.3 Å². The maximum absolute atomic E-state index is 10.8. The van der Waals surface area contributed by atoms with Gasteiger partial charge in [0, 0.05) is 4.47 Å². The van der Waals surface area contributed by atoms with E-state index in [-0.39, 0.29) is 12.2 Å². The smallest absolute Gasteiger partial charge is 0.339 e. The van der Waals surface area contributed by atoms with Crippen molar-refractivity contribution in [2.24, 2.45) is 0 Å². The monoisotopic (exact) mass is 310 g/mol. The normalized spacial score (nSPS) is 10.5. The third kappa shape index (κ3) is 3.00. The lowest BCUT2D eigenvalue weighted by Crippen LogP contribution is -2.01. The summed E-state index contributed by atoms with van der Waals surface area (Å²) >= 11 is 3.42. The summed E-state index contributed by atoms with van der Waals surface area (Å²) in [5.74, 6) is -0.683. The third-order valence-electron chi connectivity index (χ3n) is 2.42. The summed E-state index contributed by atoms with van der Waals surface area (Å²) < 4.78 is 11.5. The molecule has 5 heteroatoms. The first kappa shape index (κ1) is 12.9. The number of ether oxygens (including phenoxy) is 1. The average Bonchev–Trinajstić information content (AvgIpc) is 2.80. The Labute approximate surface area is 112 Å². The van der Waals surface area contributed by atoms with Crippen molar-refractivity contribution >= 4 is 21.9 Å². The molecule has 0 aliphatic heterocycles. The van der Waals surface area contributed by atoms with Crippen molar-refractivity contribution in [1.29, 1.82) is 0 Å². The number of carbonyl (C=O) groups is 1. The van der Waals surface area contributed by atoms with E-state index in [0.717, 1.165) is 10.0 Å². The molecular formula is C13H11BrO4. The standard InChI is InChI=1S/C13H11BrO4/c14-11-4-2-1-3-9(11)7-17-8-12-10(13(15)16)5-6-18-12/h1-6H,7-8H2,(H,15,16). The van der Waals surface area contributed by atoms with Gasteiger partial charge in [-0.05, 0) is 17.7 Å². The summed E-state index contributed by atoms with van der Waals surface area (Å²) in [5.41, 5.74) is 1.14. The highest BCUT2D eigenvalue weighted by molar-refractivity contribution is 9.10. The minimum absolute atomic E-state index is 0.135. The van der Waals surface area contributed by atoms with Gasteiger partial charge in [-0.15, -0.1) is 0 Å². The van der Waals surface area contributed by atoms with Crippen LogP contribution in [-0.2, 0) is 18.0 Å². The molecule has 0 amide bonds. The van der Waals surface area contributed by atoms with Crippen LogP contribution in [0.3, 0.4) is 0 Å². The minimum Gasteiger partial charge on any atom is -0.478 e. The molecule has 0 saturated heterocycles. The molecule has 0 aliphatic carbocycles. The number of rotatable bonds is 5. The van der Waals surface area contributed by atoms with Crippen LogP contribution in [0.5, 0.6) is 0 Å². The van der Waals surface area contributed by atoms with Gasteiger partial charge >= 0.3 is 5.97 Å². The van der Waals surface area contributed by atoms with Crippen molar-refractivity contribution in [3.8, 4) is 0 Å². The van der Waals surface area contributed by atoms with Crippen LogP contribution in [0.4, 0.5) is 0 Å². The summed E-state index contributed by atoms with van der Waals surface area (Å²) in [4.78, 5) is 10.8. The molecule has 2 rings (SSSR count). The van der Waals surface area contributed by atoms with Gasteiger partial charge in [-0.1, -0.05) is 34.1 Å². The molecule has 0 aliphatic rings. The zero-order valence-corrected chi connectivity index (χ0v) is 11.0. The van der Waals surface area contributed by atoms with E-state index in [2.05, 4.69) is 15.9 Å². The van der Waals surface area contributed by atoms with Crippen molar-refractivity contribution in [3.63, 3.8) is 0 Å². The fourth-order valence-electron chi connectivity index (χ4n) is 1.51. The van der Waals surface area contributed by atoms with Crippen molar-refractivity contribution in [2.45, 2.75) is 13.2 Å². The van der Waals surface area contributed by atoms with Gasteiger partial charge in [-0.3, -0.25) is 0 Å². The highest BCUT2D eigenvalue weighted by Crippen LogP contribution is 2.18. The molecular weight excluding hydrogens is 300 g/mol. The molecule has 0 fully saturated rings. The number of furan rings is 1. The van der Waals surface area contributed by atoms with E-state index in [9.17, 15) is 4.79 Å². The zero-order chi connectivity index (χ0) is 13.0. The zero-order valence-electron chi connectivity index (χ0n) is 9.43. The molecule has 2 aromatic rings. The highest BCUT2D eigenvalue weighted by Gasteiger charge is 2.13. The van der Waals surface area contributed by atoms with Gasteiger partial charge < -0.3 is 14.3 Å². The van der Waals surface area contributed by atoms with Crippen molar-refractivity contribution < 1.29 is 19.1 Å². The summed E-state index contributed by atoms with van der Waals surface area (Å²) in [6, 6.07) is 9.11. The van der Waals surface area contributed by atoms with Crippen LogP contribution < -0.4 is 0 Å². The third-order valence-corrected chi connectivity index (χ3v) is 3.20. The second-order valence-electron chi connectivity index (χ2n) is 3.65. The lowest BCUT2D eigenvalue weighted by Gasteiger charge is -2.05. The van der Waals surface area contributed by atoms with Crippen LogP contribution in [0.2, 0.25) is 0 Å². The Bertz CT molecular complexity index is 547. The molecule has 1 aromatic carbocycles. The Morgan fingerprint density at radius 3 is 2.78 bits per heavy atom. The van der Waals surface area contributed by atoms with Gasteiger partial charge in [0.25, 0.3) is 0 Å². The van der Waals surface area contributed by atoms with Crippen molar-refractivity contribution in [3.05, 3.63) is 58.0 Å². The number of carboxylic acids is 1. The maximum Gasteiger partial charge on any atom is 0.339 e. The molecule has 1 aromatic heterocycles. The van der Waals surface area contributed by atoms with Crippen LogP contribution >= 0.6 is 15.9 Å². The van der Waals surface area contributed by atoms with Gasteiger partial charge in [0.1, 0.15) is 17.9 Å². The second kappa shape index (κ2) is 5.84. The first-order chi connectivity index (χ1) is 8.68. The van der Waals surface area contributed by atoms with Crippen LogP contribution in [-0.4, -0.2) is 11.1 Å². The number of hydrogen-bond donors (Lipinski definition) is 1. The fraction of sp³-hybridized carbons (Fsp3) is 0.154. The summed E-state index contributed by atoms with van der Waals surface area (Å²) in [7, 11) is 0. The topological polar surface area (TPSA) is 59.7 Å². The van der Waals surface area contributed by atoms with Crippen molar-refractivity contribution in [1.82, 2.24) is 0 Å². The Balaban J connectivity index is 1.95. The molecule has 1 N–H and O–H groups in total. The number of aromatic carboxylic acids is 1. The first-order valence-electron chi connectivity index (χ1n) is 5.29. The largest absolute Gasteiger partial charge is 0.478 e. The van der Waals surface area contributed by atoms with E-state index < -0.39 is 5.97 Å². The highest BCUT2D eigenvalue weighted by atomic mass is 79.9. The predicted octanol–water partition coefficient (Wildman–Crippen LogP) is 3.46. The molecule has 0 saturated carbocycles. The first-order valence-corrected chi connectivity index (χ1v) is 6.08. The second-order valence-corrected chi connectivity index (χ2v) is 4.50. The molecule has 0 bridgehead atoms. The lowest BCUT2D eigenvalue weighted by molar-refractivity contribution is 0.0671. The van der Waals surface area contributed by atoms with Gasteiger partial charge in [-0.2, -0.15) is 0 Å². The van der Waals surface area contributed by atoms with Crippen LogP contribution in [0.1, 0.15) is 21.7 Å². The van der Waals surface area contributed by atoms with E-state index in [0.29, 0.717) is 12.4 Å². The number of benzene rings is 1. The van der Waals surface area contributed by atoms with E-state index in [1.54, 1.807) is 0 Å². The molecule has 0 unspecified atom stereocenters. The predicted molar refractivity (Wildman–Crippen MR) is 68.3 cm³/mol. The summed E-state index contributed by atoms with van der Waals surface area (Å²) in [5, 5.41) is 8.89. The molecule has 1 heterocycles. The number of hydrogen-bond acceptors (Lipinski definition) is 3. The molecule has 18 heavy (non-hydrogen) atoms. The summed E-state index contributed by atoms with van der Waals surface area (Å²) in [6.07, 6.45) is 1.35. The molecule has 94 valence electrons. The lowest BCUT2D eigenvalue weighted by atomic mass is 10.2. The molecule has 0 atom stereocenters. The molecule has 0 spiro atoms. The van der Waals surface area contributed by atoms with Crippen molar-refractivity contribution in [2.75, 3.05) is 0 Å². The number of carboxylic acid groups (broad SMARTS) is 1. The average molecular weight is 311 g/mol. The summed E-state index contributed by atoms with van der Waals surface area (Å²) in [6.45, 7) is 0.525. The minimum atomic E-state index is -1.01. The van der Waals surface area contributed by atoms with Crippen LogP contribution in [0.25, 0.3) is 0 Å². The van der Waals surface area contributed by atoms with E-state index >= 15 is 0 Å². The van der Waals surface area contributed by atoms with E-state index in [1.165, 1.54) is 12.3 Å². The van der Waals surface area contributed by atoms with E-state index in [4.69, 9.17) is 14.3 Å². The van der Waals surface area contributed by atoms with Gasteiger partial charge in [0.15, 0.2) is 0 Å².